The smallest absolute Gasteiger partial charge is 0.361 e. The Morgan fingerprint density at radius 2 is 2.00 bits per heavy atom. The summed E-state index contributed by atoms with van der Waals surface area (Å²) in [6.45, 7) is 6.62. The summed E-state index contributed by atoms with van der Waals surface area (Å²) in [5.74, 6) is -0.554. The molecular formula is C9H18O4. The van der Waals surface area contributed by atoms with Gasteiger partial charge < -0.3 is 14.6 Å². The van der Waals surface area contributed by atoms with Crippen molar-refractivity contribution in [1.29, 1.82) is 0 Å². The molecule has 0 aromatic carbocycles. The maximum absolute atomic E-state index is 10.5. The maximum Gasteiger partial charge on any atom is 0.361 e. The van der Waals surface area contributed by atoms with Crippen LogP contribution in [0, 0.1) is 5.92 Å². The fourth-order valence-electron chi connectivity index (χ4n) is 0.753. The van der Waals surface area contributed by atoms with Crippen LogP contribution in [0.3, 0.4) is 0 Å². The van der Waals surface area contributed by atoms with Gasteiger partial charge in [0.25, 0.3) is 6.29 Å². The van der Waals surface area contributed by atoms with Crippen LogP contribution in [0.5, 0.6) is 0 Å². The van der Waals surface area contributed by atoms with Crippen molar-refractivity contribution >= 4 is 5.97 Å². The van der Waals surface area contributed by atoms with Gasteiger partial charge >= 0.3 is 5.97 Å². The maximum atomic E-state index is 10.5. The second kappa shape index (κ2) is 6.86. The highest BCUT2D eigenvalue weighted by molar-refractivity contribution is 5.70. The fraction of sp³-hybridized carbons (Fsp3) is 0.889. The lowest BCUT2D eigenvalue weighted by atomic mass is 10.1. The molecule has 0 aliphatic carbocycles. The molecule has 0 amide bonds. The molecule has 4 heteroatoms. The highest BCUT2D eigenvalue weighted by Gasteiger charge is 2.17. The number of carboxylic acid groups (broad SMARTS) is 1. The van der Waals surface area contributed by atoms with E-state index in [-0.39, 0.29) is 0 Å². The number of aliphatic carboxylic acids is 1. The molecule has 0 saturated carbocycles. The highest BCUT2D eigenvalue weighted by atomic mass is 16.7. The summed E-state index contributed by atoms with van der Waals surface area (Å²) in [5, 5.41) is 8.62. The lowest BCUT2D eigenvalue weighted by molar-refractivity contribution is -0.188. The fourth-order valence-corrected chi connectivity index (χ4v) is 0.753. The molecule has 0 fully saturated rings. The molecule has 0 aromatic rings. The van der Waals surface area contributed by atoms with Gasteiger partial charge in [0.2, 0.25) is 0 Å². The second-order valence-corrected chi connectivity index (χ2v) is 3.18. The molecular weight excluding hydrogens is 172 g/mol. The van der Waals surface area contributed by atoms with E-state index in [0.717, 1.165) is 6.42 Å². The van der Waals surface area contributed by atoms with E-state index in [1.807, 2.05) is 0 Å². The Morgan fingerprint density at radius 1 is 1.38 bits per heavy atom. The summed E-state index contributed by atoms with van der Waals surface area (Å²) in [6.07, 6.45) is -0.264. The number of carboxylic acids is 1. The van der Waals surface area contributed by atoms with E-state index in [1.165, 1.54) is 0 Å². The van der Waals surface area contributed by atoms with Crippen LogP contribution in [0.25, 0.3) is 0 Å². The Morgan fingerprint density at radius 3 is 2.38 bits per heavy atom. The van der Waals surface area contributed by atoms with Gasteiger partial charge in [-0.15, -0.1) is 0 Å². The minimum atomic E-state index is -1.11. The molecule has 0 aliphatic rings. The van der Waals surface area contributed by atoms with Crippen LogP contribution < -0.4 is 0 Å². The van der Waals surface area contributed by atoms with Gasteiger partial charge in [0.05, 0.1) is 6.61 Å². The zero-order chi connectivity index (χ0) is 10.3. The van der Waals surface area contributed by atoms with Crippen molar-refractivity contribution in [2.75, 3.05) is 13.2 Å². The topological polar surface area (TPSA) is 55.8 Å². The predicted octanol–water partition coefficient (Wildman–Crippen LogP) is 1.50. The van der Waals surface area contributed by atoms with Gasteiger partial charge in [0, 0.05) is 6.61 Å². The first kappa shape index (κ1) is 12.4. The van der Waals surface area contributed by atoms with Gasteiger partial charge in [-0.1, -0.05) is 13.8 Å². The standard InChI is InChI=1S/C9H18O4/c1-4-12-9(8(10)11)13-6-5-7(2)3/h7,9H,4-6H2,1-3H3,(H,10,11). The second-order valence-electron chi connectivity index (χ2n) is 3.18. The molecule has 0 saturated heterocycles. The number of hydrogen-bond acceptors (Lipinski definition) is 3. The van der Waals surface area contributed by atoms with Crippen LogP contribution in [0.15, 0.2) is 0 Å². The summed E-state index contributed by atoms with van der Waals surface area (Å²) in [6, 6.07) is 0. The zero-order valence-electron chi connectivity index (χ0n) is 8.45. The Balaban J connectivity index is 3.63. The van der Waals surface area contributed by atoms with Gasteiger partial charge in [-0.05, 0) is 19.3 Å². The highest BCUT2D eigenvalue weighted by Crippen LogP contribution is 2.02. The van der Waals surface area contributed by atoms with Crippen LogP contribution in [0.2, 0.25) is 0 Å². The number of ether oxygens (including phenoxy) is 2. The van der Waals surface area contributed by atoms with E-state index >= 15 is 0 Å². The minimum absolute atomic E-state index is 0.346. The van der Waals surface area contributed by atoms with Crippen molar-refractivity contribution in [3.05, 3.63) is 0 Å². The molecule has 0 rings (SSSR count). The number of hydrogen-bond donors (Lipinski definition) is 1. The quantitative estimate of drug-likeness (QED) is 0.618. The molecule has 78 valence electrons. The third-order valence-corrected chi connectivity index (χ3v) is 1.48. The zero-order valence-corrected chi connectivity index (χ0v) is 8.45. The summed E-state index contributed by atoms with van der Waals surface area (Å²) in [5.41, 5.74) is 0. The van der Waals surface area contributed by atoms with Gasteiger partial charge in [0.1, 0.15) is 0 Å². The molecule has 1 N–H and O–H groups in total. The SMILES string of the molecule is CCOC(OCCC(C)C)C(=O)O. The van der Waals surface area contributed by atoms with Crippen molar-refractivity contribution in [1.82, 2.24) is 0 Å². The molecule has 1 unspecified atom stereocenters. The van der Waals surface area contributed by atoms with Gasteiger partial charge in [-0.3, -0.25) is 0 Å². The molecule has 4 nitrogen and oxygen atoms in total. The van der Waals surface area contributed by atoms with Crippen LogP contribution in [0.4, 0.5) is 0 Å². The van der Waals surface area contributed by atoms with Crippen LogP contribution >= 0.6 is 0 Å². The molecule has 1 atom stereocenters. The summed E-state index contributed by atoms with van der Waals surface area (Å²) >= 11 is 0. The molecule has 0 spiro atoms. The lowest BCUT2D eigenvalue weighted by Crippen LogP contribution is -2.27. The third-order valence-electron chi connectivity index (χ3n) is 1.48. The predicted molar refractivity (Wildman–Crippen MR) is 48.5 cm³/mol. The van der Waals surface area contributed by atoms with Crippen molar-refractivity contribution in [2.45, 2.75) is 33.5 Å². The largest absolute Gasteiger partial charge is 0.477 e. The molecule has 13 heavy (non-hydrogen) atoms. The van der Waals surface area contributed by atoms with E-state index in [2.05, 4.69) is 13.8 Å². The monoisotopic (exact) mass is 190 g/mol. The van der Waals surface area contributed by atoms with Crippen molar-refractivity contribution in [3.8, 4) is 0 Å². The van der Waals surface area contributed by atoms with Crippen molar-refractivity contribution < 1.29 is 19.4 Å². The van der Waals surface area contributed by atoms with Crippen molar-refractivity contribution in [2.24, 2.45) is 5.92 Å². The molecule has 0 aromatic heterocycles. The first-order valence-corrected chi connectivity index (χ1v) is 4.54. The molecule has 0 heterocycles. The summed E-state index contributed by atoms with van der Waals surface area (Å²) in [4.78, 5) is 10.5. The van der Waals surface area contributed by atoms with E-state index < -0.39 is 12.3 Å². The van der Waals surface area contributed by atoms with Crippen LogP contribution in [0.1, 0.15) is 27.2 Å². The van der Waals surface area contributed by atoms with E-state index in [0.29, 0.717) is 19.1 Å². The van der Waals surface area contributed by atoms with Crippen LogP contribution in [-0.4, -0.2) is 30.6 Å². The summed E-state index contributed by atoms with van der Waals surface area (Å²) < 4.78 is 9.90. The van der Waals surface area contributed by atoms with E-state index in [1.54, 1.807) is 6.92 Å². The Labute approximate surface area is 78.8 Å². The first-order valence-electron chi connectivity index (χ1n) is 4.54. The Kier molecular flexibility index (Phi) is 6.54. The molecule has 0 radical (unpaired) electrons. The lowest BCUT2D eigenvalue weighted by Gasteiger charge is -2.13. The van der Waals surface area contributed by atoms with Gasteiger partial charge in [-0.25, -0.2) is 4.79 Å². The van der Waals surface area contributed by atoms with Gasteiger partial charge in [0.15, 0.2) is 0 Å². The van der Waals surface area contributed by atoms with Gasteiger partial charge in [-0.2, -0.15) is 0 Å². The number of carbonyl (C=O) groups is 1. The third kappa shape index (κ3) is 6.54. The summed E-state index contributed by atoms with van der Waals surface area (Å²) in [7, 11) is 0. The number of rotatable bonds is 7. The van der Waals surface area contributed by atoms with E-state index in [9.17, 15) is 4.79 Å². The molecule has 0 aliphatic heterocycles. The van der Waals surface area contributed by atoms with Crippen LogP contribution in [-0.2, 0) is 14.3 Å². The normalized spacial score (nSPS) is 13.2. The van der Waals surface area contributed by atoms with Crippen molar-refractivity contribution in [3.63, 3.8) is 0 Å². The Bertz CT molecular complexity index is 145. The first-order chi connectivity index (χ1) is 6.07. The van der Waals surface area contributed by atoms with E-state index in [4.69, 9.17) is 14.6 Å². The average Bonchev–Trinajstić information content (AvgIpc) is 2.02. The minimum Gasteiger partial charge on any atom is -0.477 e. The molecule has 0 bridgehead atoms. The average molecular weight is 190 g/mol. The Hall–Kier alpha value is -0.610.